The number of rotatable bonds is 17. The number of anilines is 1. The zero-order chi connectivity index (χ0) is 32.3. The van der Waals surface area contributed by atoms with E-state index in [1.54, 1.807) is 22.9 Å². The van der Waals surface area contributed by atoms with E-state index in [9.17, 15) is 19.2 Å². The highest BCUT2D eigenvalue weighted by atomic mass is 16.5. The number of benzene rings is 1. The number of carbonyl (C=O) groups is 4. The van der Waals surface area contributed by atoms with Gasteiger partial charge in [-0.25, -0.2) is 0 Å². The van der Waals surface area contributed by atoms with Crippen LogP contribution in [-0.4, -0.2) is 120 Å². The van der Waals surface area contributed by atoms with E-state index in [1.165, 1.54) is 0 Å². The number of aryl methyl sites for hydroxylation is 1. The minimum absolute atomic E-state index is 0.186. The molecule has 0 saturated carbocycles. The average molecular weight is 639 g/mol. The highest BCUT2D eigenvalue weighted by molar-refractivity contribution is 6.25. The molecule has 5 rings (SSSR count). The summed E-state index contributed by atoms with van der Waals surface area (Å²) in [5, 5.41) is 17.3. The Hall–Kier alpha value is -4.18. The summed E-state index contributed by atoms with van der Waals surface area (Å²) in [5.41, 5.74) is 2.38. The molecule has 1 aromatic heterocycles. The summed E-state index contributed by atoms with van der Waals surface area (Å²) in [6, 6.07) is 4.19. The summed E-state index contributed by atoms with van der Waals surface area (Å²) in [6.07, 6.45) is 3.91. The molecule has 1 aromatic carbocycles. The van der Waals surface area contributed by atoms with E-state index in [0.717, 1.165) is 36.8 Å². The monoisotopic (exact) mass is 638 g/mol. The molecule has 3 aliphatic rings. The van der Waals surface area contributed by atoms with Crippen LogP contribution in [0.2, 0.25) is 0 Å². The number of nitrogens with zero attached hydrogens (tertiary/aromatic N) is 5. The summed E-state index contributed by atoms with van der Waals surface area (Å²) in [4.78, 5) is 53.9. The van der Waals surface area contributed by atoms with E-state index >= 15 is 0 Å². The SMILES string of the molecule is C=C1CCC(N2C(=O)c3cccc(NCCOCCOCCOCc4cn(CCCC(=O)N5CCNCC5)nn4)c3C2=O)C(=O)N1. The van der Waals surface area contributed by atoms with Crippen LogP contribution in [0.25, 0.3) is 0 Å². The Bertz CT molecular complexity index is 1410. The van der Waals surface area contributed by atoms with Gasteiger partial charge < -0.3 is 35.1 Å². The predicted molar refractivity (Wildman–Crippen MR) is 166 cm³/mol. The van der Waals surface area contributed by atoms with Gasteiger partial charge in [-0.3, -0.25) is 28.8 Å². The summed E-state index contributed by atoms with van der Waals surface area (Å²) in [7, 11) is 0. The first-order chi connectivity index (χ1) is 22.4. The maximum Gasteiger partial charge on any atom is 0.264 e. The number of allylic oxidation sites excluding steroid dienone is 1. The molecule has 1 unspecified atom stereocenters. The van der Waals surface area contributed by atoms with Gasteiger partial charge in [-0.2, -0.15) is 0 Å². The van der Waals surface area contributed by atoms with Crippen molar-refractivity contribution in [3.8, 4) is 0 Å². The quantitative estimate of drug-likeness (QED) is 0.163. The first-order valence-corrected chi connectivity index (χ1v) is 15.8. The lowest BCUT2D eigenvalue weighted by atomic mass is 10.0. The smallest absolute Gasteiger partial charge is 0.264 e. The van der Waals surface area contributed by atoms with Crippen molar-refractivity contribution in [2.75, 3.05) is 71.1 Å². The fraction of sp³-hybridized carbons (Fsp3) is 0.548. The summed E-state index contributed by atoms with van der Waals surface area (Å²) in [5.74, 6) is -1.15. The van der Waals surface area contributed by atoms with E-state index in [-0.39, 0.29) is 17.0 Å². The lowest BCUT2D eigenvalue weighted by Gasteiger charge is -2.29. The Labute approximate surface area is 267 Å². The Morgan fingerprint density at radius 1 is 1.02 bits per heavy atom. The zero-order valence-electron chi connectivity index (χ0n) is 26.0. The van der Waals surface area contributed by atoms with Crippen molar-refractivity contribution in [3.63, 3.8) is 0 Å². The molecule has 46 heavy (non-hydrogen) atoms. The Morgan fingerprint density at radius 2 is 1.78 bits per heavy atom. The fourth-order valence-electron chi connectivity index (χ4n) is 5.60. The van der Waals surface area contributed by atoms with Gasteiger partial charge in [0.05, 0.1) is 57.0 Å². The number of imide groups is 1. The van der Waals surface area contributed by atoms with Gasteiger partial charge in [0.25, 0.3) is 11.8 Å². The first-order valence-electron chi connectivity index (χ1n) is 15.8. The molecule has 4 heterocycles. The number of ether oxygens (including phenoxy) is 3. The molecule has 0 aliphatic carbocycles. The van der Waals surface area contributed by atoms with Crippen molar-refractivity contribution in [1.82, 2.24) is 35.4 Å². The number of aromatic nitrogens is 3. The van der Waals surface area contributed by atoms with Crippen LogP contribution in [0.5, 0.6) is 0 Å². The normalized spacial score (nSPS) is 18.2. The molecule has 3 aliphatic heterocycles. The molecule has 2 aromatic rings. The van der Waals surface area contributed by atoms with Crippen LogP contribution in [0.1, 0.15) is 52.1 Å². The molecule has 4 amide bonds. The molecule has 1 atom stereocenters. The second-order valence-electron chi connectivity index (χ2n) is 11.3. The Morgan fingerprint density at radius 3 is 2.57 bits per heavy atom. The number of hydrogen-bond donors (Lipinski definition) is 3. The number of carbonyl (C=O) groups excluding carboxylic acids is 4. The second kappa shape index (κ2) is 16.4. The summed E-state index contributed by atoms with van der Waals surface area (Å²) < 4.78 is 18.5. The van der Waals surface area contributed by atoms with Crippen molar-refractivity contribution in [3.05, 3.63) is 53.5 Å². The van der Waals surface area contributed by atoms with Crippen molar-refractivity contribution in [1.29, 1.82) is 0 Å². The molecule has 0 spiro atoms. The number of nitrogens with one attached hydrogen (secondary N) is 3. The fourth-order valence-corrected chi connectivity index (χ4v) is 5.60. The maximum atomic E-state index is 13.2. The Kier molecular flexibility index (Phi) is 11.8. The van der Waals surface area contributed by atoms with Crippen molar-refractivity contribution in [2.45, 2.75) is 44.9 Å². The summed E-state index contributed by atoms with van der Waals surface area (Å²) >= 11 is 0. The van der Waals surface area contributed by atoms with Gasteiger partial charge in [-0.05, 0) is 31.4 Å². The molecule has 15 nitrogen and oxygen atoms in total. The molecular weight excluding hydrogens is 596 g/mol. The third-order valence-electron chi connectivity index (χ3n) is 7.97. The van der Waals surface area contributed by atoms with Crippen LogP contribution >= 0.6 is 0 Å². The van der Waals surface area contributed by atoms with Crippen molar-refractivity contribution < 1.29 is 33.4 Å². The molecule has 0 bridgehead atoms. The number of hydrogen-bond acceptors (Lipinski definition) is 11. The lowest BCUT2D eigenvalue weighted by molar-refractivity contribution is -0.132. The van der Waals surface area contributed by atoms with Crippen LogP contribution in [-0.2, 0) is 37.0 Å². The van der Waals surface area contributed by atoms with E-state index in [4.69, 9.17) is 14.2 Å². The van der Waals surface area contributed by atoms with Gasteiger partial charge in [0.15, 0.2) is 0 Å². The van der Waals surface area contributed by atoms with Gasteiger partial charge in [0.1, 0.15) is 11.7 Å². The molecule has 2 fully saturated rings. The average Bonchev–Trinajstić information content (AvgIpc) is 3.61. The maximum absolute atomic E-state index is 13.2. The van der Waals surface area contributed by atoms with E-state index in [1.807, 2.05) is 11.1 Å². The minimum atomic E-state index is -0.850. The number of piperidine rings is 1. The predicted octanol–water partition coefficient (Wildman–Crippen LogP) is 0.540. The molecule has 248 valence electrons. The number of fused-ring (bicyclic) bond motifs is 1. The van der Waals surface area contributed by atoms with Crippen LogP contribution < -0.4 is 16.0 Å². The molecular formula is C31H42N8O7. The standard InChI is InChI=1S/C31H42N8O7/c1-22-7-8-26(29(41)34-22)39-30(42)24-4-2-5-25(28(24)31(39)43)33-11-15-44-16-17-45-18-19-46-21-23-20-38(36-35-23)12-3-6-27(40)37-13-9-32-10-14-37/h2,4-5,20,26,32-33H,1,3,6-19,21H2,(H,34,41). The van der Waals surface area contributed by atoms with Gasteiger partial charge >= 0.3 is 0 Å². The summed E-state index contributed by atoms with van der Waals surface area (Å²) in [6.45, 7) is 10.3. The molecule has 0 radical (unpaired) electrons. The largest absolute Gasteiger partial charge is 0.382 e. The number of amides is 4. The van der Waals surface area contributed by atoms with E-state index < -0.39 is 23.8 Å². The Balaban J connectivity index is 0.903. The molecule has 2 saturated heterocycles. The van der Waals surface area contributed by atoms with Crippen molar-refractivity contribution >= 4 is 29.3 Å². The highest BCUT2D eigenvalue weighted by Crippen LogP contribution is 2.32. The van der Waals surface area contributed by atoms with Crippen LogP contribution in [0.4, 0.5) is 5.69 Å². The van der Waals surface area contributed by atoms with E-state index in [0.29, 0.717) is 89.8 Å². The van der Waals surface area contributed by atoms with Crippen LogP contribution in [0.3, 0.4) is 0 Å². The van der Waals surface area contributed by atoms with Crippen LogP contribution in [0.15, 0.2) is 36.7 Å². The van der Waals surface area contributed by atoms with Gasteiger partial charge in [0.2, 0.25) is 11.8 Å². The van der Waals surface area contributed by atoms with Crippen molar-refractivity contribution in [2.24, 2.45) is 0 Å². The third-order valence-corrected chi connectivity index (χ3v) is 7.97. The third kappa shape index (κ3) is 8.54. The topological polar surface area (TPSA) is 169 Å². The highest BCUT2D eigenvalue weighted by Gasteiger charge is 2.45. The molecule has 3 N–H and O–H groups in total. The molecule has 15 heteroatoms. The van der Waals surface area contributed by atoms with E-state index in [2.05, 4.69) is 32.8 Å². The van der Waals surface area contributed by atoms with Gasteiger partial charge in [0, 0.05) is 57.1 Å². The number of piperazine rings is 1. The zero-order valence-corrected chi connectivity index (χ0v) is 26.0. The minimum Gasteiger partial charge on any atom is -0.382 e. The van der Waals surface area contributed by atoms with Gasteiger partial charge in [-0.15, -0.1) is 5.10 Å². The first kappa shape index (κ1) is 33.2. The second-order valence-corrected chi connectivity index (χ2v) is 11.3. The van der Waals surface area contributed by atoms with Crippen LogP contribution in [0, 0.1) is 0 Å². The van der Waals surface area contributed by atoms with Gasteiger partial charge in [-0.1, -0.05) is 17.9 Å². The lowest BCUT2D eigenvalue weighted by Crippen LogP contribution is -2.51.